The maximum Gasteiger partial charge on any atom is 0.278 e. The molecule has 1 N–H and O–H groups in total. The lowest BCUT2D eigenvalue weighted by Crippen LogP contribution is -2.38. The van der Waals surface area contributed by atoms with Crippen LogP contribution in [0.25, 0.3) is 5.57 Å². The molecule has 0 spiro atoms. The maximum absolute atomic E-state index is 13.0. The third-order valence-corrected chi connectivity index (χ3v) is 7.99. The Labute approximate surface area is 180 Å². The van der Waals surface area contributed by atoms with Crippen molar-refractivity contribution in [3.63, 3.8) is 0 Å². The number of nitrogens with one attached hydrogen (secondary N) is 1. The number of nitrogens with zero attached hydrogens (tertiary/aromatic N) is 2. The second kappa shape index (κ2) is 7.98. The standard InChI is InChI=1S/C21H23N3O4S2/c1-14(2)24-20(25)18(17-9-6-12-29-17)19(21(24)26)22-15-7-5-8-16(13-15)30(27,28)23-10-3-4-11-23/h5-9,12-14,22H,3-4,10-11H2,1-2H3. The first-order chi connectivity index (χ1) is 14.3. The molecule has 1 saturated heterocycles. The van der Waals surface area contributed by atoms with Crippen LogP contribution in [0, 0.1) is 0 Å². The highest BCUT2D eigenvalue weighted by Gasteiger charge is 2.41. The van der Waals surface area contributed by atoms with Crippen molar-refractivity contribution in [3.05, 3.63) is 52.4 Å². The zero-order valence-corrected chi connectivity index (χ0v) is 18.4. The first-order valence-electron chi connectivity index (χ1n) is 9.84. The number of thiophene rings is 1. The van der Waals surface area contributed by atoms with Crippen molar-refractivity contribution in [1.82, 2.24) is 9.21 Å². The van der Waals surface area contributed by atoms with Crippen molar-refractivity contribution in [1.29, 1.82) is 0 Å². The number of rotatable bonds is 6. The molecular weight excluding hydrogens is 422 g/mol. The SMILES string of the molecule is CC(C)N1C(=O)C(Nc2cccc(S(=O)(=O)N3CCCC3)c2)=C(c2cccs2)C1=O. The van der Waals surface area contributed by atoms with Gasteiger partial charge >= 0.3 is 0 Å². The Kier molecular flexibility index (Phi) is 5.52. The molecule has 2 aliphatic heterocycles. The van der Waals surface area contributed by atoms with Crippen LogP contribution in [-0.2, 0) is 19.6 Å². The van der Waals surface area contributed by atoms with Gasteiger partial charge in [0.25, 0.3) is 11.8 Å². The van der Waals surface area contributed by atoms with Crippen molar-refractivity contribution >= 4 is 44.4 Å². The molecule has 0 bridgehead atoms. The molecule has 7 nitrogen and oxygen atoms in total. The molecule has 1 aromatic heterocycles. The first kappa shape index (κ1) is 20.8. The van der Waals surface area contributed by atoms with E-state index in [1.54, 1.807) is 38.1 Å². The van der Waals surface area contributed by atoms with Crippen LogP contribution in [-0.4, -0.2) is 48.6 Å². The van der Waals surface area contributed by atoms with Crippen LogP contribution >= 0.6 is 11.3 Å². The molecule has 158 valence electrons. The van der Waals surface area contributed by atoms with Gasteiger partial charge in [0, 0.05) is 29.7 Å². The van der Waals surface area contributed by atoms with Gasteiger partial charge in [0.15, 0.2) is 0 Å². The summed E-state index contributed by atoms with van der Waals surface area (Å²) in [7, 11) is -3.58. The first-order valence-corrected chi connectivity index (χ1v) is 12.2. The van der Waals surface area contributed by atoms with Crippen LogP contribution in [0.4, 0.5) is 5.69 Å². The zero-order valence-electron chi connectivity index (χ0n) is 16.8. The molecule has 1 fully saturated rings. The summed E-state index contributed by atoms with van der Waals surface area (Å²) in [5.74, 6) is -0.757. The molecule has 30 heavy (non-hydrogen) atoms. The van der Waals surface area contributed by atoms with Crippen molar-refractivity contribution in [3.8, 4) is 0 Å². The van der Waals surface area contributed by atoms with Crippen molar-refractivity contribution in [2.45, 2.75) is 37.6 Å². The number of sulfonamides is 1. The summed E-state index contributed by atoms with van der Waals surface area (Å²) >= 11 is 1.38. The van der Waals surface area contributed by atoms with E-state index in [1.807, 2.05) is 11.4 Å². The van der Waals surface area contributed by atoms with Gasteiger partial charge in [-0.1, -0.05) is 12.1 Å². The molecular formula is C21H23N3O4S2. The molecule has 0 aliphatic carbocycles. The molecule has 3 heterocycles. The lowest BCUT2D eigenvalue weighted by Gasteiger charge is -2.19. The smallest absolute Gasteiger partial charge is 0.278 e. The highest BCUT2D eigenvalue weighted by Crippen LogP contribution is 2.34. The predicted octanol–water partition coefficient (Wildman–Crippen LogP) is 3.13. The van der Waals surface area contributed by atoms with Gasteiger partial charge in [-0.2, -0.15) is 4.31 Å². The Balaban J connectivity index is 1.72. The van der Waals surface area contributed by atoms with Gasteiger partial charge in [-0.25, -0.2) is 8.42 Å². The third-order valence-electron chi connectivity index (χ3n) is 5.21. The number of hydrogen-bond acceptors (Lipinski definition) is 6. The summed E-state index contributed by atoms with van der Waals surface area (Å²) in [5, 5.41) is 4.88. The predicted molar refractivity (Wildman–Crippen MR) is 116 cm³/mol. The molecule has 2 amide bonds. The average molecular weight is 446 g/mol. The lowest BCUT2D eigenvalue weighted by molar-refractivity contribution is -0.138. The molecule has 0 saturated carbocycles. The fourth-order valence-electron chi connectivity index (χ4n) is 3.74. The molecule has 0 unspecified atom stereocenters. The Bertz CT molecular complexity index is 1110. The number of benzene rings is 1. The van der Waals surface area contributed by atoms with Gasteiger partial charge in [0.1, 0.15) is 5.70 Å². The minimum absolute atomic E-state index is 0.171. The van der Waals surface area contributed by atoms with E-state index >= 15 is 0 Å². The minimum Gasteiger partial charge on any atom is -0.350 e. The average Bonchev–Trinajstić information content (AvgIpc) is 3.44. The highest BCUT2D eigenvalue weighted by molar-refractivity contribution is 7.89. The second-order valence-corrected chi connectivity index (χ2v) is 10.5. The van der Waals surface area contributed by atoms with Gasteiger partial charge in [0.05, 0.1) is 10.5 Å². The number of amides is 2. The van der Waals surface area contributed by atoms with E-state index in [1.165, 1.54) is 26.6 Å². The number of imide groups is 1. The largest absolute Gasteiger partial charge is 0.350 e. The zero-order chi connectivity index (χ0) is 21.5. The van der Waals surface area contributed by atoms with E-state index in [9.17, 15) is 18.0 Å². The van der Waals surface area contributed by atoms with Crippen LogP contribution in [0.3, 0.4) is 0 Å². The molecule has 2 aromatic rings. The summed E-state index contributed by atoms with van der Waals surface area (Å²) in [6, 6.07) is 9.73. The van der Waals surface area contributed by atoms with Crippen molar-refractivity contribution in [2.24, 2.45) is 0 Å². The fraction of sp³-hybridized carbons (Fsp3) is 0.333. The van der Waals surface area contributed by atoms with E-state index in [4.69, 9.17) is 0 Å². The summed E-state index contributed by atoms with van der Waals surface area (Å²) in [6.45, 7) is 4.61. The van der Waals surface area contributed by atoms with Gasteiger partial charge in [-0.05, 0) is 56.3 Å². The minimum atomic E-state index is -3.58. The number of anilines is 1. The number of carbonyl (C=O) groups is 2. The van der Waals surface area contributed by atoms with Crippen LogP contribution in [0.5, 0.6) is 0 Å². The lowest BCUT2D eigenvalue weighted by atomic mass is 10.2. The van der Waals surface area contributed by atoms with Gasteiger partial charge in [-0.3, -0.25) is 14.5 Å². The van der Waals surface area contributed by atoms with E-state index in [-0.39, 0.29) is 22.5 Å². The molecule has 1 aromatic carbocycles. The number of carbonyl (C=O) groups excluding carboxylic acids is 2. The van der Waals surface area contributed by atoms with E-state index in [0.29, 0.717) is 29.2 Å². The topological polar surface area (TPSA) is 86.8 Å². The molecule has 2 aliphatic rings. The third kappa shape index (κ3) is 3.57. The van der Waals surface area contributed by atoms with E-state index < -0.39 is 15.9 Å². The van der Waals surface area contributed by atoms with Crippen LogP contribution in [0.15, 0.2) is 52.4 Å². The van der Waals surface area contributed by atoms with Crippen LogP contribution in [0.2, 0.25) is 0 Å². The molecule has 0 atom stereocenters. The summed E-state index contributed by atoms with van der Waals surface area (Å²) < 4.78 is 27.3. The highest BCUT2D eigenvalue weighted by atomic mass is 32.2. The summed E-state index contributed by atoms with van der Waals surface area (Å²) in [4.78, 5) is 28.1. The second-order valence-electron chi connectivity index (χ2n) is 7.57. The summed E-state index contributed by atoms with van der Waals surface area (Å²) in [5.41, 5.74) is 0.939. The number of hydrogen-bond donors (Lipinski definition) is 1. The van der Waals surface area contributed by atoms with Crippen LogP contribution < -0.4 is 5.32 Å². The van der Waals surface area contributed by atoms with Crippen molar-refractivity contribution in [2.75, 3.05) is 18.4 Å². The molecule has 0 radical (unpaired) electrons. The molecule has 9 heteroatoms. The van der Waals surface area contributed by atoms with Gasteiger partial charge < -0.3 is 5.32 Å². The Morgan fingerprint density at radius 1 is 1.03 bits per heavy atom. The quantitative estimate of drug-likeness (QED) is 0.691. The normalized spacial score (nSPS) is 18.2. The Hall–Kier alpha value is -2.49. The van der Waals surface area contributed by atoms with Gasteiger partial charge in [0.2, 0.25) is 10.0 Å². The molecule has 4 rings (SSSR count). The fourth-order valence-corrected chi connectivity index (χ4v) is 6.07. The summed E-state index contributed by atoms with van der Waals surface area (Å²) in [6.07, 6.45) is 1.71. The van der Waals surface area contributed by atoms with Crippen molar-refractivity contribution < 1.29 is 18.0 Å². The van der Waals surface area contributed by atoms with E-state index in [2.05, 4.69) is 5.32 Å². The Morgan fingerprint density at radius 2 is 1.77 bits per heavy atom. The monoisotopic (exact) mass is 445 g/mol. The van der Waals surface area contributed by atoms with E-state index in [0.717, 1.165) is 12.8 Å². The maximum atomic E-state index is 13.0. The van der Waals surface area contributed by atoms with Crippen LogP contribution in [0.1, 0.15) is 31.6 Å². The Morgan fingerprint density at radius 3 is 2.40 bits per heavy atom. The van der Waals surface area contributed by atoms with Gasteiger partial charge in [-0.15, -0.1) is 11.3 Å².